The van der Waals surface area contributed by atoms with Gasteiger partial charge in [-0.3, -0.25) is 0 Å². The van der Waals surface area contributed by atoms with Crippen molar-refractivity contribution in [2.24, 2.45) is 0 Å². The summed E-state index contributed by atoms with van der Waals surface area (Å²) >= 11 is 0. The van der Waals surface area contributed by atoms with Gasteiger partial charge in [-0.15, -0.1) is 0 Å². The molecule has 0 amide bonds. The van der Waals surface area contributed by atoms with Gasteiger partial charge in [0.25, 0.3) is 0 Å². The van der Waals surface area contributed by atoms with Crippen molar-refractivity contribution in [3.05, 3.63) is 35.9 Å². The minimum Gasteiger partial charge on any atom is -0.347 e. The number of rotatable bonds is 1. The third kappa shape index (κ3) is 3.16. The lowest BCUT2D eigenvalue weighted by Crippen LogP contribution is -2.34. The molecule has 1 aliphatic heterocycles. The fourth-order valence-electron chi connectivity index (χ4n) is 2.95. The second-order valence-corrected chi connectivity index (χ2v) is 5.54. The molecule has 1 aromatic carbocycles. The summed E-state index contributed by atoms with van der Waals surface area (Å²) in [7, 11) is 0. The highest BCUT2D eigenvalue weighted by molar-refractivity contribution is 5.17. The maximum absolute atomic E-state index is 6.02. The van der Waals surface area contributed by atoms with Crippen molar-refractivity contribution < 1.29 is 14.5 Å². The van der Waals surface area contributed by atoms with Crippen LogP contribution in [0.5, 0.6) is 0 Å². The standard InChI is InChI=1S/C16H22O3/c1-2-7-12-16(11-6-1)17-13-10-15(18-19-16)14-8-4-3-5-9-14/h3-5,8-9,15H,1-2,6-7,10-13H2. The molecule has 0 radical (unpaired) electrons. The van der Waals surface area contributed by atoms with Gasteiger partial charge in [-0.2, -0.15) is 0 Å². The van der Waals surface area contributed by atoms with Crippen LogP contribution in [0.25, 0.3) is 0 Å². The summed E-state index contributed by atoms with van der Waals surface area (Å²) < 4.78 is 6.02. The molecule has 2 aliphatic rings. The molecule has 1 saturated heterocycles. The van der Waals surface area contributed by atoms with E-state index in [-0.39, 0.29) is 6.10 Å². The molecule has 3 heteroatoms. The van der Waals surface area contributed by atoms with Gasteiger partial charge < -0.3 is 4.74 Å². The molecule has 3 nitrogen and oxygen atoms in total. The van der Waals surface area contributed by atoms with Crippen LogP contribution >= 0.6 is 0 Å². The Morgan fingerprint density at radius 1 is 0.947 bits per heavy atom. The van der Waals surface area contributed by atoms with Crippen molar-refractivity contribution in [3.63, 3.8) is 0 Å². The lowest BCUT2D eigenvalue weighted by atomic mass is 10.1. The first-order valence-electron chi connectivity index (χ1n) is 7.41. The molecular weight excluding hydrogens is 240 g/mol. The first kappa shape index (κ1) is 13.1. The maximum Gasteiger partial charge on any atom is 0.201 e. The lowest BCUT2D eigenvalue weighted by Gasteiger charge is -2.29. The first-order valence-corrected chi connectivity index (χ1v) is 7.41. The highest BCUT2D eigenvalue weighted by atomic mass is 17.2. The molecule has 1 aliphatic carbocycles. The Morgan fingerprint density at radius 2 is 1.68 bits per heavy atom. The molecule has 1 saturated carbocycles. The van der Waals surface area contributed by atoms with E-state index >= 15 is 0 Å². The molecule has 1 aromatic rings. The van der Waals surface area contributed by atoms with Crippen molar-refractivity contribution in [1.29, 1.82) is 0 Å². The molecule has 1 unspecified atom stereocenters. The van der Waals surface area contributed by atoms with Crippen molar-refractivity contribution in [3.8, 4) is 0 Å². The second-order valence-electron chi connectivity index (χ2n) is 5.54. The van der Waals surface area contributed by atoms with Gasteiger partial charge in [0, 0.05) is 19.3 Å². The molecular formula is C16H22O3. The van der Waals surface area contributed by atoms with Crippen LogP contribution in [0.4, 0.5) is 0 Å². The highest BCUT2D eigenvalue weighted by Crippen LogP contribution is 2.37. The molecule has 3 rings (SSSR count). The van der Waals surface area contributed by atoms with Gasteiger partial charge in [0.15, 0.2) is 0 Å². The van der Waals surface area contributed by atoms with E-state index in [1.165, 1.54) is 25.7 Å². The molecule has 0 aromatic heterocycles. The lowest BCUT2D eigenvalue weighted by molar-refractivity contribution is -0.434. The van der Waals surface area contributed by atoms with E-state index in [0.29, 0.717) is 6.61 Å². The van der Waals surface area contributed by atoms with Crippen LogP contribution < -0.4 is 0 Å². The van der Waals surface area contributed by atoms with Crippen molar-refractivity contribution in [2.75, 3.05) is 6.61 Å². The molecule has 1 atom stereocenters. The van der Waals surface area contributed by atoms with E-state index in [2.05, 4.69) is 12.1 Å². The molecule has 2 fully saturated rings. The van der Waals surface area contributed by atoms with Gasteiger partial charge in [0.05, 0.1) is 6.61 Å². The largest absolute Gasteiger partial charge is 0.347 e. The zero-order valence-corrected chi connectivity index (χ0v) is 11.3. The summed E-state index contributed by atoms with van der Waals surface area (Å²) in [5, 5.41) is 0. The topological polar surface area (TPSA) is 27.7 Å². The van der Waals surface area contributed by atoms with E-state index < -0.39 is 5.79 Å². The fourth-order valence-corrected chi connectivity index (χ4v) is 2.95. The third-order valence-electron chi connectivity index (χ3n) is 4.10. The summed E-state index contributed by atoms with van der Waals surface area (Å²) in [6, 6.07) is 10.3. The van der Waals surface area contributed by atoms with Gasteiger partial charge in [-0.1, -0.05) is 43.2 Å². The first-order chi connectivity index (χ1) is 9.38. The second kappa shape index (κ2) is 6.04. The van der Waals surface area contributed by atoms with Crippen LogP contribution in [0.3, 0.4) is 0 Å². The Balaban J connectivity index is 1.68. The van der Waals surface area contributed by atoms with Gasteiger partial charge >= 0.3 is 0 Å². The molecule has 104 valence electrons. The monoisotopic (exact) mass is 262 g/mol. The molecule has 19 heavy (non-hydrogen) atoms. The molecule has 0 N–H and O–H groups in total. The molecule has 1 spiro atoms. The minimum atomic E-state index is -0.486. The summed E-state index contributed by atoms with van der Waals surface area (Å²) in [5.41, 5.74) is 1.16. The minimum absolute atomic E-state index is 0.0103. The van der Waals surface area contributed by atoms with E-state index in [9.17, 15) is 0 Å². The molecule has 1 heterocycles. The van der Waals surface area contributed by atoms with Crippen molar-refractivity contribution in [1.82, 2.24) is 0 Å². The van der Waals surface area contributed by atoms with E-state index in [1.807, 2.05) is 18.2 Å². The van der Waals surface area contributed by atoms with Gasteiger partial charge in [0.2, 0.25) is 5.79 Å². The Hall–Kier alpha value is -0.900. The smallest absolute Gasteiger partial charge is 0.201 e. The summed E-state index contributed by atoms with van der Waals surface area (Å²) in [4.78, 5) is 11.5. The van der Waals surface area contributed by atoms with Crippen LogP contribution in [0.15, 0.2) is 30.3 Å². The van der Waals surface area contributed by atoms with Gasteiger partial charge in [-0.25, -0.2) is 9.78 Å². The maximum atomic E-state index is 6.02. The Kier molecular flexibility index (Phi) is 4.16. The van der Waals surface area contributed by atoms with Crippen molar-refractivity contribution >= 4 is 0 Å². The number of benzene rings is 1. The van der Waals surface area contributed by atoms with E-state index in [1.54, 1.807) is 0 Å². The van der Waals surface area contributed by atoms with Crippen LogP contribution in [0.1, 0.15) is 56.6 Å². The van der Waals surface area contributed by atoms with Crippen LogP contribution in [0, 0.1) is 0 Å². The van der Waals surface area contributed by atoms with E-state index in [4.69, 9.17) is 14.5 Å². The summed E-state index contributed by atoms with van der Waals surface area (Å²) in [6.45, 7) is 0.708. The van der Waals surface area contributed by atoms with E-state index in [0.717, 1.165) is 24.8 Å². The fraction of sp³-hybridized carbons (Fsp3) is 0.625. The zero-order valence-electron chi connectivity index (χ0n) is 11.3. The Bertz CT molecular complexity index is 382. The predicted octanol–water partition coefficient (Wildman–Crippen LogP) is 4.15. The average Bonchev–Trinajstić information content (AvgIpc) is 2.81. The summed E-state index contributed by atoms with van der Waals surface area (Å²) in [5.74, 6) is -0.486. The quantitative estimate of drug-likeness (QED) is 0.712. The predicted molar refractivity (Wildman–Crippen MR) is 72.4 cm³/mol. The zero-order chi connectivity index (χ0) is 13.0. The molecule has 0 bridgehead atoms. The summed E-state index contributed by atoms with van der Waals surface area (Å²) in [6.07, 6.45) is 7.63. The normalized spacial score (nSPS) is 27.7. The van der Waals surface area contributed by atoms with Gasteiger partial charge in [-0.05, 0) is 18.4 Å². The Labute approximate surface area is 114 Å². The SMILES string of the molecule is c1ccc(C2CCOC3(CCCCCC3)OO2)cc1. The van der Waals surface area contributed by atoms with Crippen molar-refractivity contribution in [2.45, 2.75) is 56.8 Å². The van der Waals surface area contributed by atoms with Crippen LogP contribution in [-0.2, 0) is 14.5 Å². The average molecular weight is 262 g/mol. The van der Waals surface area contributed by atoms with Gasteiger partial charge in [0.1, 0.15) is 6.10 Å². The van der Waals surface area contributed by atoms with Crippen LogP contribution in [-0.4, -0.2) is 12.4 Å². The van der Waals surface area contributed by atoms with Crippen LogP contribution in [0.2, 0.25) is 0 Å². The number of hydrogen-bond donors (Lipinski definition) is 0. The third-order valence-corrected chi connectivity index (χ3v) is 4.10. The highest BCUT2D eigenvalue weighted by Gasteiger charge is 2.37. The number of ether oxygens (including phenoxy) is 1. The number of hydrogen-bond acceptors (Lipinski definition) is 3. The Morgan fingerprint density at radius 3 is 2.42 bits per heavy atom.